The first-order valence-electron chi connectivity index (χ1n) is 6.17. The van der Waals surface area contributed by atoms with Crippen molar-refractivity contribution in [1.82, 2.24) is 4.57 Å². The minimum absolute atomic E-state index is 0.0611. The second-order valence-electron chi connectivity index (χ2n) is 4.69. The fourth-order valence-electron chi connectivity index (χ4n) is 2.49. The molecule has 2 aromatic carbocycles. The van der Waals surface area contributed by atoms with E-state index in [0.29, 0.717) is 5.88 Å². The van der Waals surface area contributed by atoms with Gasteiger partial charge in [0.15, 0.2) is 0 Å². The molecule has 20 heavy (non-hydrogen) atoms. The first-order chi connectivity index (χ1) is 9.60. The third kappa shape index (κ3) is 2.78. The highest BCUT2D eigenvalue weighted by molar-refractivity contribution is 14.1. The van der Waals surface area contributed by atoms with Gasteiger partial charge in [0, 0.05) is 41.4 Å². The molecule has 0 radical (unpaired) electrons. The van der Waals surface area contributed by atoms with Crippen LogP contribution in [0.25, 0.3) is 21.8 Å². The minimum Gasteiger partial charge on any atom is -0.339 e. The van der Waals surface area contributed by atoms with Crippen LogP contribution >= 0.6 is 68.4 Å². The predicted molar refractivity (Wildman–Crippen MR) is 105 cm³/mol. The fraction of sp³-hybridized carbons (Fsp3) is 0.200. The van der Waals surface area contributed by atoms with Gasteiger partial charge in [-0.15, -0.1) is 23.2 Å². The van der Waals surface area contributed by atoms with E-state index in [9.17, 15) is 0 Å². The highest BCUT2D eigenvalue weighted by Crippen LogP contribution is 2.32. The lowest BCUT2D eigenvalue weighted by Gasteiger charge is -2.10. The quantitative estimate of drug-likeness (QED) is 0.296. The first-order valence-corrected chi connectivity index (χ1v) is 9.30. The lowest BCUT2D eigenvalue weighted by molar-refractivity contribution is 0.735. The number of fused-ring (bicyclic) bond motifs is 3. The molecule has 1 heterocycles. The Balaban J connectivity index is 2.34. The van der Waals surface area contributed by atoms with Gasteiger partial charge < -0.3 is 4.57 Å². The summed E-state index contributed by atoms with van der Waals surface area (Å²) in [6.07, 6.45) is 0. The molecule has 0 saturated heterocycles. The summed E-state index contributed by atoms with van der Waals surface area (Å²) < 4.78 is 4.76. The molecule has 3 rings (SSSR count). The Labute approximate surface area is 154 Å². The van der Waals surface area contributed by atoms with E-state index in [1.54, 1.807) is 0 Å². The number of hydrogen-bond donors (Lipinski definition) is 0. The Morgan fingerprint density at radius 3 is 1.90 bits per heavy atom. The van der Waals surface area contributed by atoms with Gasteiger partial charge in [-0.25, -0.2) is 0 Å². The molecule has 0 bridgehead atoms. The number of halogens is 4. The molecule has 0 N–H and O–H groups in total. The van der Waals surface area contributed by atoms with Gasteiger partial charge in [-0.3, -0.25) is 0 Å². The number of aromatic nitrogens is 1. The third-order valence-electron chi connectivity index (χ3n) is 3.34. The second-order valence-corrected chi connectivity index (χ2v) is 8.10. The molecule has 1 nitrogen and oxygen atoms in total. The van der Waals surface area contributed by atoms with E-state index >= 15 is 0 Å². The summed E-state index contributed by atoms with van der Waals surface area (Å²) in [6, 6.07) is 13.1. The summed E-state index contributed by atoms with van der Waals surface area (Å²) >= 11 is 16.8. The standard InChI is InChI=1S/C15H11Cl2I2N/c16-7-9(17)8-20-14-3-1-10(18)5-12(14)13-6-11(19)2-4-15(13)20/h1-6,9H,7-8H2/t9-/m0/s1. The molecular weight excluding hydrogens is 519 g/mol. The summed E-state index contributed by atoms with van der Waals surface area (Å²) in [7, 11) is 0. The van der Waals surface area contributed by atoms with Gasteiger partial charge in [0.25, 0.3) is 0 Å². The van der Waals surface area contributed by atoms with E-state index in [1.807, 2.05) is 0 Å². The lowest BCUT2D eigenvalue weighted by Crippen LogP contribution is -2.11. The van der Waals surface area contributed by atoms with Crippen LogP contribution in [0, 0.1) is 7.14 Å². The van der Waals surface area contributed by atoms with Crippen LogP contribution < -0.4 is 0 Å². The van der Waals surface area contributed by atoms with Crippen molar-refractivity contribution in [2.75, 3.05) is 5.88 Å². The summed E-state index contributed by atoms with van der Waals surface area (Å²) in [5, 5.41) is 2.50. The smallest absolute Gasteiger partial charge is 0.0650 e. The van der Waals surface area contributed by atoms with Gasteiger partial charge in [0.05, 0.1) is 5.38 Å². The molecule has 1 aromatic heterocycles. The Morgan fingerprint density at radius 2 is 1.45 bits per heavy atom. The van der Waals surface area contributed by atoms with Crippen molar-refractivity contribution in [2.45, 2.75) is 11.9 Å². The molecule has 104 valence electrons. The molecule has 0 aliphatic rings. The lowest BCUT2D eigenvalue weighted by atomic mass is 10.2. The van der Waals surface area contributed by atoms with Crippen molar-refractivity contribution in [2.24, 2.45) is 0 Å². The second kappa shape index (κ2) is 6.18. The molecular formula is C15H11Cl2I2N. The Bertz CT molecular complexity index is 723. The van der Waals surface area contributed by atoms with Crippen molar-refractivity contribution < 1.29 is 0 Å². The zero-order valence-corrected chi connectivity index (χ0v) is 16.2. The number of nitrogens with zero attached hydrogens (tertiary/aromatic N) is 1. The molecule has 1 atom stereocenters. The Morgan fingerprint density at radius 1 is 0.950 bits per heavy atom. The van der Waals surface area contributed by atoms with E-state index in [2.05, 4.69) is 86.1 Å². The Hall–Kier alpha value is 0.280. The first kappa shape index (κ1) is 15.2. The van der Waals surface area contributed by atoms with E-state index in [-0.39, 0.29) is 5.38 Å². The molecule has 0 aliphatic heterocycles. The van der Waals surface area contributed by atoms with E-state index in [1.165, 1.54) is 28.9 Å². The average molecular weight is 530 g/mol. The SMILES string of the molecule is ClC[C@H](Cl)Cn1c2ccc(I)cc2c2cc(I)ccc21. The van der Waals surface area contributed by atoms with Crippen LogP contribution in [0.15, 0.2) is 36.4 Å². The van der Waals surface area contributed by atoms with Crippen LogP contribution in [0.2, 0.25) is 0 Å². The number of hydrogen-bond acceptors (Lipinski definition) is 0. The third-order valence-corrected chi connectivity index (χ3v) is 5.50. The molecule has 5 heteroatoms. The van der Waals surface area contributed by atoms with Crippen LogP contribution in [-0.4, -0.2) is 15.8 Å². The zero-order chi connectivity index (χ0) is 14.3. The van der Waals surface area contributed by atoms with Crippen LogP contribution in [0.5, 0.6) is 0 Å². The summed E-state index contributed by atoms with van der Waals surface area (Å²) in [4.78, 5) is 0. The Kier molecular flexibility index (Phi) is 4.69. The van der Waals surface area contributed by atoms with Crippen LogP contribution in [0.3, 0.4) is 0 Å². The van der Waals surface area contributed by atoms with Gasteiger partial charge in [-0.1, -0.05) is 0 Å². The van der Waals surface area contributed by atoms with Gasteiger partial charge in [-0.05, 0) is 81.6 Å². The largest absolute Gasteiger partial charge is 0.339 e. The number of rotatable bonds is 3. The normalized spacial score (nSPS) is 13.2. The van der Waals surface area contributed by atoms with Crippen LogP contribution in [0.4, 0.5) is 0 Å². The van der Waals surface area contributed by atoms with Gasteiger partial charge in [0.2, 0.25) is 0 Å². The fourth-order valence-corrected chi connectivity index (χ4v) is 3.71. The van der Waals surface area contributed by atoms with Gasteiger partial charge in [-0.2, -0.15) is 0 Å². The topological polar surface area (TPSA) is 4.93 Å². The van der Waals surface area contributed by atoms with Crippen molar-refractivity contribution in [3.8, 4) is 0 Å². The van der Waals surface area contributed by atoms with Gasteiger partial charge >= 0.3 is 0 Å². The van der Waals surface area contributed by atoms with Gasteiger partial charge in [0.1, 0.15) is 0 Å². The highest BCUT2D eigenvalue weighted by Gasteiger charge is 2.14. The van der Waals surface area contributed by atoms with E-state index in [0.717, 1.165) is 6.54 Å². The molecule has 0 fully saturated rings. The zero-order valence-electron chi connectivity index (χ0n) is 10.4. The van der Waals surface area contributed by atoms with Crippen LogP contribution in [-0.2, 0) is 6.54 Å². The summed E-state index contributed by atoms with van der Waals surface area (Å²) in [5.74, 6) is 0.456. The van der Waals surface area contributed by atoms with Crippen molar-refractivity contribution in [3.63, 3.8) is 0 Å². The predicted octanol–water partition coefficient (Wildman–Crippen LogP) is 5.85. The van der Waals surface area contributed by atoms with Crippen LogP contribution in [0.1, 0.15) is 0 Å². The van der Waals surface area contributed by atoms with E-state index < -0.39 is 0 Å². The highest BCUT2D eigenvalue weighted by atomic mass is 127. The maximum Gasteiger partial charge on any atom is 0.0650 e. The number of alkyl halides is 2. The maximum atomic E-state index is 6.26. The molecule has 0 amide bonds. The van der Waals surface area contributed by atoms with Crippen molar-refractivity contribution in [3.05, 3.63) is 43.5 Å². The molecule has 0 unspecified atom stereocenters. The summed E-state index contributed by atoms with van der Waals surface area (Å²) in [6.45, 7) is 0.728. The number of benzene rings is 2. The van der Waals surface area contributed by atoms with E-state index in [4.69, 9.17) is 23.2 Å². The summed E-state index contributed by atoms with van der Waals surface area (Å²) in [5.41, 5.74) is 2.44. The van der Waals surface area contributed by atoms with Crippen molar-refractivity contribution >= 4 is 90.2 Å². The molecule has 0 aliphatic carbocycles. The van der Waals surface area contributed by atoms with Crippen molar-refractivity contribution in [1.29, 1.82) is 0 Å². The monoisotopic (exact) mass is 529 g/mol. The molecule has 0 saturated carbocycles. The average Bonchev–Trinajstić information content (AvgIpc) is 2.72. The molecule has 3 aromatic rings. The minimum atomic E-state index is -0.0611. The molecule has 0 spiro atoms. The maximum absolute atomic E-state index is 6.26.